The number of benzene rings is 2. The largest absolute Gasteiger partial charge is 0.447 e. The first-order chi connectivity index (χ1) is 14.6. The van der Waals surface area contributed by atoms with Gasteiger partial charge in [-0.1, -0.05) is 65.7 Å². The lowest BCUT2D eigenvalue weighted by atomic mass is 10.1. The summed E-state index contributed by atoms with van der Waals surface area (Å²) in [5, 5.41) is 3.77. The highest BCUT2D eigenvalue weighted by molar-refractivity contribution is 6.42. The number of hydrogen-bond donors (Lipinski definition) is 1. The number of carbonyl (C=O) groups is 1. The summed E-state index contributed by atoms with van der Waals surface area (Å²) in [6, 6.07) is 15.6. The summed E-state index contributed by atoms with van der Waals surface area (Å²) in [6.07, 6.45) is 1.37. The maximum absolute atomic E-state index is 12.1. The number of rotatable bonds is 10. The van der Waals surface area contributed by atoms with E-state index in [0.29, 0.717) is 48.7 Å². The third-order valence-electron chi connectivity index (χ3n) is 4.41. The van der Waals surface area contributed by atoms with E-state index in [-0.39, 0.29) is 11.6 Å². The molecule has 1 aromatic heterocycles. The van der Waals surface area contributed by atoms with Crippen molar-refractivity contribution in [3.8, 4) is 0 Å². The van der Waals surface area contributed by atoms with Gasteiger partial charge in [0.15, 0.2) is 5.69 Å². The minimum absolute atomic E-state index is 0.238. The molecule has 158 valence electrons. The van der Waals surface area contributed by atoms with Gasteiger partial charge < -0.3 is 14.5 Å². The summed E-state index contributed by atoms with van der Waals surface area (Å²) >= 11 is 12.6. The SMILES string of the molecule is COCCNC(=O)c1coc(CN(Cc2ccccc2)Cc2cccc(Cl)c2Cl)n1. The molecule has 0 unspecified atom stereocenters. The second-order valence-electron chi connectivity index (χ2n) is 6.72. The van der Waals surface area contributed by atoms with Crippen molar-refractivity contribution in [2.75, 3.05) is 20.3 Å². The van der Waals surface area contributed by atoms with E-state index in [2.05, 4.69) is 27.3 Å². The molecule has 2 aromatic carbocycles. The molecule has 8 heteroatoms. The highest BCUT2D eigenvalue weighted by Crippen LogP contribution is 2.27. The monoisotopic (exact) mass is 447 g/mol. The van der Waals surface area contributed by atoms with E-state index in [9.17, 15) is 4.79 Å². The van der Waals surface area contributed by atoms with Crippen LogP contribution in [0.3, 0.4) is 0 Å². The van der Waals surface area contributed by atoms with Gasteiger partial charge in [0.05, 0.1) is 23.2 Å². The molecule has 6 nitrogen and oxygen atoms in total. The fourth-order valence-electron chi connectivity index (χ4n) is 2.96. The van der Waals surface area contributed by atoms with Crippen molar-refractivity contribution in [1.82, 2.24) is 15.2 Å². The molecule has 0 atom stereocenters. The predicted octanol–water partition coefficient (Wildman–Crippen LogP) is 4.56. The highest BCUT2D eigenvalue weighted by atomic mass is 35.5. The van der Waals surface area contributed by atoms with Crippen LogP contribution in [-0.4, -0.2) is 36.1 Å². The summed E-state index contributed by atoms with van der Waals surface area (Å²) in [5.74, 6) is 0.149. The minimum Gasteiger partial charge on any atom is -0.447 e. The maximum Gasteiger partial charge on any atom is 0.273 e. The van der Waals surface area contributed by atoms with E-state index in [0.717, 1.165) is 11.1 Å². The second-order valence-corrected chi connectivity index (χ2v) is 7.50. The van der Waals surface area contributed by atoms with Gasteiger partial charge in [-0.05, 0) is 17.2 Å². The summed E-state index contributed by atoms with van der Waals surface area (Å²) in [6.45, 7) is 2.45. The predicted molar refractivity (Wildman–Crippen MR) is 117 cm³/mol. The van der Waals surface area contributed by atoms with Crippen LogP contribution in [0, 0.1) is 0 Å². The van der Waals surface area contributed by atoms with Crippen molar-refractivity contribution < 1.29 is 13.9 Å². The smallest absolute Gasteiger partial charge is 0.273 e. The van der Waals surface area contributed by atoms with E-state index < -0.39 is 0 Å². The molecule has 3 aromatic rings. The molecule has 1 heterocycles. The summed E-state index contributed by atoms with van der Waals surface area (Å²) in [4.78, 5) is 18.6. The number of halogens is 2. The number of oxazole rings is 1. The van der Waals surface area contributed by atoms with Crippen LogP contribution in [0.4, 0.5) is 0 Å². The zero-order valence-electron chi connectivity index (χ0n) is 16.6. The first-order valence-electron chi connectivity index (χ1n) is 9.47. The number of aromatic nitrogens is 1. The molecule has 0 saturated heterocycles. The molecule has 1 amide bonds. The Balaban J connectivity index is 1.74. The van der Waals surface area contributed by atoms with Crippen LogP contribution in [0.1, 0.15) is 27.5 Å². The highest BCUT2D eigenvalue weighted by Gasteiger charge is 2.17. The lowest BCUT2D eigenvalue weighted by molar-refractivity contribution is 0.0932. The van der Waals surface area contributed by atoms with Crippen molar-refractivity contribution in [2.24, 2.45) is 0 Å². The molecule has 0 bridgehead atoms. The summed E-state index contributed by atoms with van der Waals surface area (Å²) in [5.41, 5.74) is 2.28. The summed E-state index contributed by atoms with van der Waals surface area (Å²) in [7, 11) is 1.58. The fraction of sp³-hybridized carbons (Fsp3) is 0.273. The molecule has 0 aliphatic heterocycles. The van der Waals surface area contributed by atoms with Gasteiger partial charge in [0.25, 0.3) is 5.91 Å². The fourth-order valence-corrected chi connectivity index (χ4v) is 3.34. The van der Waals surface area contributed by atoms with Crippen molar-refractivity contribution in [3.05, 3.63) is 87.6 Å². The summed E-state index contributed by atoms with van der Waals surface area (Å²) < 4.78 is 10.5. The van der Waals surface area contributed by atoms with E-state index >= 15 is 0 Å². The van der Waals surface area contributed by atoms with E-state index in [1.165, 1.54) is 6.26 Å². The Morgan fingerprint density at radius 1 is 1.10 bits per heavy atom. The molecule has 0 spiro atoms. The number of nitrogens with zero attached hydrogens (tertiary/aromatic N) is 2. The van der Waals surface area contributed by atoms with Crippen molar-refractivity contribution in [2.45, 2.75) is 19.6 Å². The van der Waals surface area contributed by atoms with Gasteiger partial charge >= 0.3 is 0 Å². The Hall–Kier alpha value is -2.38. The van der Waals surface area contributed by atoms with Gasteiger partial charge in [-0.2, -0.15) is 0 Å². The molecule has 1 N–H and O–H groups in total. The Morgan fingerprint density at radius 3 is 2.67 bits per heavy atom. The van der Waals surface area contributed by atoms with Crippen molar-refractivity contribution in [3.63, 3.8) is 0 Å². The molecule has 30 heavy (non-hydrogen) atoms. The number of nitrogens with one attached hydrogen (secondary N) is 1. The normalized spacial score (nSPS) is 11.1. The van der Waals surface area contributed by atoms with Gasteiger partial charge in [0.2, 0.25) is 5.89 Å². The third-order valence-corrected chi connectivity index (χ3v) is 5.27. The average Bonchev–Trinajstić information content (AvgIpc) is 3.21. The van der Waals surface area contributed by atoms with Gasteiger partial charge in [-0.15, -0.1) is 0 Å². The zero-order chi connectivity index (χ0) is 21.3. The molecule has 0 aliphatic rings. The molecular weight excluding hydrogens is 425 g/mol. The first kappa shape index (κ1) is 22.3. The van der Waals surface area contributed by atoms with Crippen molar-refractivity contribution >= 4 is 29.1 Å². The lowest BCUT2D eigenvalue weighted by Crippen LogP contribution is -2.27. The first-order valence-corrected chi connectivity index (χ1v) is 10.2. The number of ether oxygens (including phenoxy) is 1. The maximum atomic E-state index is 12.1. The third kappa shape index (κ3) is 6.31. The van der Waals surface area contributed by atoms with Crippen LogP contribution in [0.5, 0.6) is 0 Å². The van der Waals surface area contributed by atoms with Crippen LogP contribution in [-0.2, 0) is 24.4 Å². The molecule has 0 saturated carbocycles. The van der Waals surface area contributed by atoms with Crippen LogP contribution in [0.15, 0.2) is 59.2 Å². The Labute approximate surface area is 185 Å². The van der Waals surface area contributed by atoms with Gasteiger partial charge in [-0.3, -0.25) is 9.69 Å². The number of carbonyl (C=O) groups excluding carboxylic acids is 1. The second kappa shape index (κ2) is 11.1. The Bertz CT molecular complexity index is 963. The number of amides is 1. The number of methoxy groups -OCH3 is 1. The van der Waals surface area contributed by atoms with E-state index in [1.54, 1.807) is 13.2 Å². The molecular formula is C22H23Cl2N3O3. The van der Waals surface area contributed by atoms with E-state index in [4.69, 9.17) is 32.4 Å². The van der Waals surface area contributed by atoms with Gasteiger partial charge in [-0.25, -0.2) is 4.98 Å². The minimum atomic E-state index is -0.297. The molecule has 3 rings (SSSR count). The van der Waals surface area contributed by atoms with E-state index in [1.807, 2.05) is 30.3 Å². The lowest BCUT2D eigenvalue weighted by Gasteiger charge is -2.22. The van der Waals surface area contributed by atoms with Crippen LogP contribution < -0.4 is 5.32 Å². The average molecular weight is 448 g/mol. The van der Waals surface area contributed by atoms with Gasteiger partial charge in [0, 0.05) is 26.7 Å². The quantitative estimate of drug-likeness (QED) is 0.461. The molecule has 0 aliphatic carbocycles. The van der Waals surface area contributed by atoms with Crippen molar-refractivity contribution in [1.29, 1.82) is 0 Å². The zero-order valence-corrected chi connectivity index (χ0v) is 18.1. The topological polar surface area (TPSA) is 67.6 Å². The number of hydrogen-bond acceptors (Lipinski definition) is 5. The molecule has 0 radical (unpaired) electrons. The van der Waals surface area contributed by atoms with Crippen LogP contribution in [0.2, 0.25) is 10.0 Å². The van der Waals surface area contributed by atoms with Gasteiger partial charge in [0.1, 0.15) is 6.26 Å². The Kier molecular flexibility index (Phi) is 8.28. The van der Waals surface area contributed by atoms with Crippen LogP contribution in [0.25, 0.3) is 0 Å². The van der Waals surface area contributed by atoms with Crippen LogP contribution >= 0.6 is 23.2 Å². The Morgan fingerprint density at radius 2 is 1.90 bits per heavy atom. The standard InChI is InChI=1S/C22H23Cl2N3O3/c1-29-11-10-25-22(28)19-15-30-20(26-19)14-27(12-16-6-3-2-4-7-16)13-17-8-5-9-18(23)21(17)24/h2-9,15H,10-14H2,1H3,(H,25,28). The molecule has 0 fully saturated rings.